The summed E-state index contributed by atoms with van der Waals surface area (Å²) in [6.07, 6.45) is -7.55. The number of aromatic nitrogens is 2. The summed E-state index contributed by atoms with van der Waals surface area (Å²) in [6.45, 7) is 5.75. The standard InChI is InChI=1S/C23H28F6N4O3/c1-21(2,3)36-20(35)30-13-7-5-4-6-8-19(34)31-15-9-11-16(12-10-15)33-18(23(27,28)29)14-17(32-33)22(24,25)26/h9-12,14H,4-8,13H2,1-3H3,(H,30,35)(H,31,34). The second-order valence-corrected chi connectivity index (χ2v) is 9.01. The minimum Gasteiger partial charge on any atom is -0.444 e. The number of carbonyl (C=O) groups is 2. The minimum atomic E-state index is -5.05. The maximum atomic E-state index is 13.2. The van der Waals surface area contributed by atoms with Gasteiger partial charge in [-0.05, 0) is 57.9 Å². The smallest absolute Gasteiger partial charge is 0.435 e. The van der Waals surface area contributed by atoms with Gasteiger partial charge >= 0.3 is 18.4 Å². The van der Waals surface area contributed by atoms with Crippen LogP contribution in [-0.2, 0) is 21.9 Å². The number of halogens is 6. The van der Waals surface area contributed by atoms with E-state index in [1.807, 2.05) is 0 Å². The summed E-state index contributed by atoms with van der Waals surface area (Å²) in [6, 6.07) is 4.78. The Kier molecular flexibility index (Phi) is 9.38. The molecule has 7 nitrogen and oxygen atoms in total. The summed E-state index contributed by atoms with van der Waals surface area (Å²) in [5.41, 5.74) is -3.75. The first kappa shape index (κ1) is 29.0. The number of anilines is 1. The molecule has 2 N–H and O–H groups in total. The fourth-order valence-electron chi connectivity index (χ4n) is 3.10. The van der Waals surface area contributed by atoms with E-state index in [0.717, 1.165) is 25.0 Å². The molecule has 0 aliphatic heterocycles. The van der Waals surface area contributed by atoms with Crippen LogP contribution in [0, 0.1) is 0 Å². The molecule has 0 saturated carbocycles. The molecule has 1 aromatic heterocycles. The first-order valence-corrected chi connectivity index (χ1v) is 11.2. The Morgan fingerprint density at radius 1 is 0.917 bits per heavy atom. The second-order valence-electron chi connectivity index (χ2n) is 9.01. The summed E-state index contributed by atoms with van der Waals surface area (Å²) < 4.78 is 83.4. The van der Waals surface area contributed by atoms with E-state index in [4.69, 9.17) is 4.74 Å². The Balaban J connectivity index is 1.81. The quantitative estimate of drug-likeness (QED) is 0.298. The average Bonchev–Trinajstić information content (AvgIpc) is 3.19. The molecule has 36 heavy (non-hydrogen) atoms. The number of benzene rings is 1. The van der Waals surface area contributed by atoms with Crippen LogP contribution in [0.1, 0.15) is 64.3 Å². The van der Waals surface area contributed by atoms with Crippen LogP contribution in [0.15, 0.2) is 30.3 Å². The van der Waals surface area contributed by atoms with Crippen molar-refractivity contribution in [2.24, 2.45) is 0 Å². The SMILES string of the molecule is CC(C)(C)OC(=O)NCCCCCCC(=O)Nc1ccc(-n2nc(C(F)(F)F)cc2C(F)(F)F)cc1. The molecular formula is C23H28F6N4O3. The molecule has 2 amide bonds. The average molecular weight is 522 g/mol. The van der Waals surface area contributed by atoms with Gasteiger partial charge in [-0.25, -0.2) is 9.48 Å². The number of amides is 2. The molecule has 0 aliphatic rings. The van der Waals surface area contributed by atoms with Crippen LogP contribution in [0.5, 0.6) is 0 Å². The molecule has 2 rings (SSSR count). The Morgan fingerprint density at radius 2 is 1.53 bits per heavy atom. The zero-order chi connectivity index (χ0) is 27.1. The van der Waals surface area contributed by atoms with Crippen molar-refractivity contribution in [2.45, 2.75) is 70.8 Å². The third-order valence-electron chi connectivity index (χ3n) is 4.68. The minimum absolute atomic E-state index is 0.0523. The lowest BCUT2D eigenvalue weighted by molar-refractivity contribution is -0.143. The highest BCUT2D eigenvalue weighted by Crippen LogP contribution is 2.36. The number of rotatable bonds is 9. The number of hydrogen-bond acceptors (Lipinski definition) is 4. The van der Waals surface area contributed by atoms with Crippen molar-refractivity contribution in [1.82, 2.24) is 15.1 Å². The van der Waals surface area contributed by atoms with Crippen molar-refractivity contribution in [3.8, 4) is 5.69 Å². The molecule has 1 heterocycles. The van der Waals surface area contributed by atoms with Crippen LogP contribution in [0.4, 0.5) is 36.8 Å². The van der Waals surface area contributed by atoms with E-state index in [9.17, 15) is 35.9 Å². The number of hydrogen-bond donors (Lipinski definition) is 2. The van der Waals surface area contributed by atoms with Crippen LogP contribution >= 0.6 is 0 Å². The van der Waals surface area contributed by atoms with Crippen molar-refractivity contribution in [2.75, 3.05) is 11.9 Å². The Morgan fingerprint density at radius 3 is 2.08 bits per heavy atom. The molecule has 1 aromatic carbocycles. The van der Waals surface area contributed by atoms with Crippen LogP contribution in [-0.4, -0.2) is 33.9 Å². The number of ether oxygens (including phenoxy) is 1. The van der Waals surface area contributed by atoms with Crippen molar-refractivity contribution >= 4 is 17.7 Å². The first-order chi connectivity index (χ1) is 16.6. The molecule has 0 fully saturated rings. The first-order valence-electron chi connectivity index (χ1n) is 11.2. The lowest BCUT2D eigenvalue weighted by Gasteiger charge is -2.19. The highest BCUT2D eigenvalue weighted by Gasteiger charge is 2.42. The van der Waals surface area contributed by atoms with Crippen molar-refractivity contribution in [1.29, 1.82) is 0 Å². The van der Waals surface area contributed by atoms with E-state index in [0.29, 0.717) is 19.4 Å². The molecule has 0 unspecified atom stereocenters. The van der Waals surface area contributed by atoms with Gasteiger partial charge in [0.15, 0.2) is 5.69 Å². The zero-order valence-corrected chi connectivity index (χ0v) is 20.0. The maximum absolute atomic E-state index is 13.2. The van der Waals surface area contributed by atoms with Crippen LogP contribution < -0.4 is 10.6 Å². The zero-order valence-electron chi connectivity index (χ0n) is 20.0. The molecule has 2 aromatic rings. The van der Waals surface area contributed by atoms with Crippen LogP contribution in [0.3, 0.4) is 0 Å². The second kappa shape index (κ2) is 11.7. The fourth-order valence-corrected chi connectivity index (χ4v) is 3.10. The maximum Gasteiger partial charge on any atom is 0.435 e. The van der Waals surface area contributed by atoms with Gasteiger partial charge in [0.05, 0.1) is 5.69 Å². The number of alkyl carbamates (subject to hydrolysis) is 1. The molecule has 200 valence electrons. The molecule has 0 bridgehead atoms. The van der Waals surface area contributed by atoms with Gasteiger partial charge in [0.25, 0.3) is 0 Å². The van der Waals surface area contributed by atoms with E-state index in [-0.39, 0.29) is 34.5 Å². The summed E-state index contributed by atoms with van der Waals surface area (Å²) in [7, 11) is 0. The van der Waals surface area contributed by atoms with E-state index in [1.165, 1.54) is 12.1 Å². The predicted molar refractivity (Wildman–Crippen MR) is 120 cm³/mol. The van der Waals surface area contributed by atoms with E-state index >= 15 is 0 Å². The van der Waals surface area contributed by atoms with Gasteiger partial charge in [-0.15, -0.1) is 0 Å². The fraction of sp³-hybridized carbons (Fsp3) is 0.522. The highest BCUT2D eigenvalue weighted by molar-refractivity contribution is 5.90. The van der Waals surface area contributed by atoms with E-state index in [2.05, 4.69) is 15.7 Å². The predicted octanol–water partition coefficient (Wildman–Crippen LogP) is 6.32. The molecular weight excluding hydrogens is 494 g/mol. The van der Waals surface area contributed by atoms with Gasteiger partial charge in [-0.3, -0.25) is 4.79 Å². The van der Waals surface area contributed by atoms with Crippen LogP contribution in [0.2, 0.25) is 0 Å². The highest BCUT2D eigenvalue weighted by atomic mass is 19.4. The van der Waals surface area contributed by atoms with Gasteiger partial charge in [-0.2, -0.15) is 31.4 Å². The number of carbonyl (C=O) groups excluding carboxylic acids is 2. The number of nitrogens with zero attached hydrogens (tertiary/aromatic N) is 2. The third-order valence-corrected chi connectivity index (χ3v) is 4.68. The Bertz CT molecular complexity index is 1020. The number of unbranched alkanes of at least 4 members (excludes halogenated alkanes) is 3. The topological polar surface area (TPSA) is 85.2 Å². The lowest BCUT2D eigenvalue weighted by Crippen LogP contribution is -2.32. The molecule has 13 heteroatoms. The van der Waals surface area contributed by atoms with Gasteiger partial charge in [0, 0.05) is 24.7 Å². The lowest BCUT2D eigenvalue weighted by atomic mass is 10.1. The molecule has 0 radical (unpaired) electrons. The molecule has 0 atom stereocenters. The molecule has 0 spiro atoms. The van der Waals surface area contributed by atoms with Crippen LogP contribution in [0.25, 0.3) is 5.69 Å². The summed E-state index contributed by atoms with van der Waals surface area (Å²) >= 11 is 0. The number of nitrogens with one attached hydrogen (secondary N) is 2. The molecule has 0 saturated heterocycles. The normalized spacial score (nSPS) is 12.4. The Labute approximate surface area is 204 Å². The summed E-state index contributed by atoms with van der Waals surface area (Å²) in [5, 5.41) is 8.29. The van der Waals surface area contributed by atoms with Crippen molar-refractivity contribution < 1.29 is 40.7 Å². The number of alkyl halides is 6. The molecule has 0 aliphatic carbocycles. The summed E-state index contributed by atoms with van der Waals surface area (Å²) in [4.78, 5) is 23.6. The van der Waals surface area contributed by atoms with E-state index < -0.39 is 35.4 Å². The largest absolute Gasteiger partial charge is 0.444 e. The van der Waals surface area contributed by atoms with Crippen molar-refractivity contribution in [3.63, 3.8) is 0 Å². The monoisotopic (exact) mass is 522 g/mol. The van der Waals surface area contributed by atoms with Gasteiger partial charge < -0.3 is 15.4 Å². The van der Waals surface area contributed by atoms with Gasteiger partial charge in [0.2, 0.25) is 5.91 Å². The van der Waals surface area contributed by atoms with Gasteiger partial charge in [-0.1, -0.05) is 12.8 Å². The summed E-state index contributed by atoms with van der Waals surface area (Å²) in [5.74, 6) is -0.316. The third kappa shape index (κ3) is 9.42. The van der Waals surface area contributed by atoms with Gasteiger partial charge in [0.1, 0.15) is 11.3 Å². The Hall–Kier alpha value is -3.25. The van der Waals surface area contributed by atoms with E-state index in [1.54, 1.807) is 20.8 Å². The van der Waals surface area contributed by atoms with Crippen molar-refractivity contribution in [3.05, 3.63) is 41.7 Å².